The number of rotatable bonds is 3. The second-order valence-electron chi connectivity index (χ2n) is 7.37. The third-order valence-corrected chi connectivity index (χ3v) is 5.71. The molecule has 144 valence electrons. The summed E-state index contributed by atoms with van der Waals surface area (Å²) in [5.41, 5.74) is 1.56. The summed E-state index contributed by atoms with van der Waals surface area (Å²) in [5, 5.41) is 7.60. The molecule has 1 aromatic carbocycles. The molecule has 27 heavy (non-hydrogen) atoms. The molecule has 2 aliphatic rings. The second-order valence-corrected chi connectivity index (χ2v) is 7.37. The standard InChI is InChI=1S/C20H23F2N3O2/c1-11-17-13(18-15(27-2)9-8-14(21)19(18)22)10-16(26)23-20(17)25(24-11)12-6-4-3-5-7-12/h8-9,12-13H,3-7,10H2,1-2H3,(H,23,26). The fourth-order valence-electron chi connectivity index (χ4n) is 4.46. The molecule has 1 fully saturated rings. The number of benzene rings is 1. The summed E-state index contributed by atoms with van der Waals surface area (Å²) in [6.45, 7) is 1.85. The van der Waals surface area contributed by atoms with Crippen molar-refractivity contribution < 1.29 is 18.3 Å². The van der Waals surface area contributed by atoms with E-state index in [1.807, 2.05) is 11.6 Å². The molecule has 1 aliphatic heterocycles. The first-order valence-electron chi connectivity index (χ1n) is 9.42. The first-order valence-corrected chi connectivity index (χ1v) is 9.42. The van der Waals surface area contributed by atoms with Crippen LogP contribution in [0.2, 0.25) is 0 Å². The normalized spacial score (nSPS) is 20.3. The maximum atomic E-state index is 14.7. The number of fused-ring (bicyclic) bond motifs is 1. The Bertz CT molecular complexity index is 888. The fourth-order valence-corrected chi connectivity index (χ4v) is 4.46. The number of nitrogens with zero attached hydrogens (tertiary/aromatic N) is 2. The number of anilines is 1. The first-order chi connectivity index (χ1) is 13.0. The zero-order valence-corrected chi connectivity index (χ0v) is 15.5. The number of amides is 1. The topological polar surface area (TPSA) is 56.1 Å². The van der Waals surface area contributed by atoms with Crippen molar-refractivity contribution in [2.75, 3.05) is 12.4 Å². The van der Waals surface area contributed by atoms with E-state index >= 15 is 0 Å². The number of methoxy groups -OCH3 is 1. The van der Waals surface area contributed by atoms with Gasteiger partial charge in [-0.3, -0.25) is 4.79 Å². The van der Waals surface area contributed by atoms with Crippen LogP contribution in [0, 0.1) is 18.6 Å². The van der Waals surface area contributed by atoms with Gasteiger partial charge >= 0.3 is 0 Å². The Balaban J connectivity index is 1.87. The van der Waals surface area contributed by atoms with Crippen LogP contribution in [0.25, 0.3) is 0 Å². The van der Waals surface area contributed by atoms with E-state index in [1.165, 1.54) is 19.6 Å². The molecule has 2 heterocycles. The minimum Gasteiger partial charge on any atom is -0.496 e. The predicted molar refractivity (Wildman–Crippen MR) is 97.1 cm³/mol. The maximum Gasteiger partial charge on any atom is 0.226 e. The van der Waals surface area contributed by atoms with E-state index in [1.54, 1.807) is 0 Å². The molecule has 0 bridgehead atoms. The molecule has 2 aromatic rings. The van der Waals surface area contributed by atoms with Gasteiger partial charge in [0.2, 0.25) is 5.91 Å². The van der Waals surface area contributed by atoms with Crippen LogP contribution in [0.1, 0.15) is 67.3 Å². The minimum absolute atomic E-state index is 0.0287. The lowest BCUT2D eigenvalue weighted by Gasteiger charge is -2.28. The van der Waals surface area contributed by atoms with Gasteiger partial charge in [-0.15, -0.1) is 0 Å². The van der Waals surface area contributed by atoms with Gasteiger partial charge in [-0.2, -0.15) is 5.10 Å². The number of nitrogens with one attached hydrogen (secondary N) is 1. The van der Waals surface area contributed by atoms with Crippen LogP contribution in [-0.2, 0) is 4.79 Å². The van der Waals surface area contributed by atoms with Gasteiger partial charge in [0.1, 0.15) is 11.6 Å². The van der Waals surface area contributed by atoms with Gasteiger partial charge in [-0.25, -0.2) is 13.5 Å². The third kappa shape index (κ3) is 2.99. The van der Waals surface area contributed by atoms with Crippen molar-refractivity contribution in [3.63, 3.8) is 0 Å². The van der Waals surface area contributed by atoms with Crippen molar-refractivity contribution >= 4 is 11.7 Å². The molecule has 0 saturated heterocycles. The van der Waals surface area contributed by atoms with Gasteiger partial charge in [0.25, 0.3) is 0 Å². The molecule has 1 amide bonds. The molecule has 1 aromatic heterocycles. The molecule has 1 unspecified atom stereocenters. The molecule has 1 saturated carbocycles. The Morgan fingerprint density at radius 1 is 1.19 bits per heavy atom. The molecule has 0 radical (unpaired) electrons. The monoisotopic (exact) mass is 375 g/mol. The number of aromatic nitrogens is 2. The summed E-state index contributed by atoms with van der Waals surface area (Å²) in [6.07, 6.45) is 5.50. The molecular weight excluding hydrogens is 352 g/mol. The lowest BCUT2D eigenvalue weighted by atomic mass is 9.84. The van der Waals surface area contributed by atoms with Crippen LogP contribution in [-0.4, -0.2) is 22.8 Å². The van der Waals surface area contributed by atoms with Crippen molar-refractivity contribution in [2.24, 2.45) is 0 Å². The van der Waals surface area contributed by atoms with Crippen molar-refractivity contribution in [2.45, 2.75) is 57.4 Å². The van der Waals surface area contributed by atoms with Crippen LogP contribution < -0.4 is 10.1 Å². The molecule has 1 aliphatic carbocycles. The lowest BCUT2D eigenvalue weighted by molar-refractivity contribution is -0.116. The molecule has 5 nitrogen and oxygen atoms in total. The number of hydrogen-bond acceptors (Lipinski definition) is 3. The van der Waals surface area contributed by atoms with Crippen LogP contribution in [0.5, 0.6) is 5.75 Å². The maximum absolute atomic E-state index is 14.7. The lowest BCUT2D eigenvalue weighted by Crippen LogP contribution is -2.27. The summed E-state index contributed by atoms with van der Waals surface area (Å²) in [7, 11) is 1.41. The Hall–Kier alpha value is -2.44. The quantitative estimate of drug-likeness (QED) is 0.862. The first kappa shape index (κ1) is 17.9. The Kier molecular flexibility index (Phi) is 4.61. The van der Waals surface area contributed by atoms with Crippen molar-refractivity contribution in [3.8, 4) is 5.75 Å². The van der Waals surface area contributed by atoms with Crippen LogP contribution >= 0.6 is 0 Å². The molecule has 7 heteroatoms. The summed E-state index contributed by atoms with van der Waals surface area (Å²) in [5.74, 6) is -1.91. The Morgan fingerprint density at radius 3 is 2.63 bits per heavy atom. The van der Waals surface area contributed by atoms with Gasteiger partial charge < -0.3 is 10.1 Å². The fraction of sp³-hybridized carbons (Fsp3) is 0.500. The highest BCUT2D eigenvalue weighted by Gasteiger charge is 2.37. The zero-order chi connectivity index (χ0) is 19.1. The average molecular weight is 375 g/mol. The largest absolute Gasteiger partial charge is 0.496 e. The molecule has 4 rings (SSSR count). The summed E-state index contributed by atoms with van der Waals surface area (Å²) >= 11 is 0. The number of hydrogen-bond donors (Lipinski definition) is 1. The number of aryl methyl sites for hydroxylation is 1. The second kappa shape index (κ2) is 6.94. The van der Waals surface area contributed by atoms with E-state index < -0.39 is 17.6 Å². The van der Waals surface area contributed by atoms with Crippen LogP contribution in [0.15, 0.2) is 12.1 Å². The van der Waals surface area contributed by atoms with E-state index in [2.05, 4.69) is 10.4 Å². The number of ether oxygens (including phenoxy) is 1. The van der Waals surface area contributed by atoms with E-state index in [4.69, 9.17) is 4.74 Å². The van der Waals surface area contributed by atoms with Gasteiger partial charge in [-0.1, -0.05) is 19.3 Å². The van der Waals surface area contributed by atoms with Gasteiger partial charge in [0.15, 0.2) is 11.6 Å². The van der Waals surface area contributed by atoms with Crippen LogP contribution in [0.4, 0.5) is 14.6 Å². The van der Waals surface area contributed by atoms with Crippen molar-refractivity contribution in [3.05, 3.63) is 40.6 Å². The summed E-state index contributed by atoms with van der Waals surface area (Å²) in [4.78, 5) is 12.4. The number of halogens is 2. The zero-order valence-electron chi connectivity index (χ0n) is 15.5. The highest BCUT2D eigenvalue weighted by molar-refractivity contribution is 5.94. The van der Waals surface area contributed by atoms with E-state index in [0.29, 0.717) is 5.82 Å². The highest BCUT2D eigenvalue weighted by Crippen LogP contribution is 2.45. The Labute approximate surface area is 156 Å². The van der Waals surface area contributed by atoms with E-state index in [-0.39, 0.29) is 29.7 Å². The van der Waals surface area contributed by atoms with Gasteiger partial charge in [-0.05, 0) is 31.9 Å². The predicted octanol–water partition coefficient (Wildman–Crippen LogP) is 4.46. The van der Waals surface area contributed by atoms with E-state index in [9.17, 15) is 13.6 Å². The summed E-state index contributed by atoms with van der Waals surface area (Å²) in [6, 6.07) is 2.67. The smallest absolute Gasteiger partial charge is 0.226 e. The molecule has 1 atom stereocenters. The molecular formula is C20H23F2N3O2. The van der Waals surface area contributed by atoms with E-state index in [0.717, 1.165) is 43.0 Å². The molecule has 0 spiro atoms. The van der Waals surface area contributed by atoms with Crippen molar-refractivity contribution in [1.82, 2.24) is 9.78 Å². The number of carbonyl (C=O) groups is 1. The van der Waals surface area contributed by atoms with Gasteiger partial charge in [0.05, 0.1) is 18.8 Å². The molecule has 1 N–H and O–H groups in total. The summed E-state index contributed by atoms with van der Waals surface area (Å²) < 4.78 is 35.9. The van der Waals surface area contributed by atoms with Gasteiger partial charge in [0, 0.05) is 23.5 Å². The van der Waals surface area contributed by atoms with Crippen molar-refractivity contribution in [1.29, 1.82) is 0 Å². The average Bonchev–Trinajstić information content (AvgIpc) is 3.00. The SMILES string of the molecule is COc1ccc(F)c(F)c1C1CC(=O)Nc2c1c(C)nn2C1CCCCC1. The minimum atomic E-state index is -0.968. The number of carbonyl (C=O) groups excluding carboxylic acids is 1. The third-order valence-electron chi connectivity index (χ3n) is 5.71. The Morgan fingerprint density at radius 2 is 1.93 bits per heavy atom. The van der Waals surface area contributed by atoms with Crippen LogP contribution in [0.3, 0.4) is 0 Å². The highest BCUT2D eigenvalue weighted by atomic mass is 19.2.